The van der Waals surface area contributed by atoms with Crippen LogP contribution in [0.15, 0.2) is 16.5 Å². The first-order chi connectivity index (χ1) is 7.63. The van der Waals surface area contributed by atoms with E-state index in [1.165, 1.54) is 0 Å². The maximum Gasteiger partial charge on any atom is 0.220 e. The molecule has 90 valence electrons. The van der Waals surface area contributed by atoms with Crippen molar-refractivity contribution in [2.45, 2.75) is 39.2 Å². The standard InChI is InChI=1S/C12H18ClNO2/c1-9-6-7-11(16-9)10(2)14-12(15)5-3-4-8-13/h6-7,10H,3-5,8H2,1-2H3,(H,14,15). The lowest BCUT2D eigenvalue weighted by molar-refractivity contribution is -0.121. The first-order valence-electron chi connectivity index (χ1n) is 5.55. The van der Waals surface area contributed by atoms with Gasteiger partial charge in [-0.15, -0.1) is 11.6 Å². The van der Waals surface area contributed by atoms with E-state index < -0.39 is 0 Å². The number of alkyl halides is 1. The number of nitrogens with one attached hydrogen (secondary N) is 1. The molecule has 0 fully saturated rings. The van der Waals surface area contributed by atoms with Crippen LogP contribution in [0.1, 0.15) is 43.7 Å². The molecule has 0 aromatic carbocycles. The molecule has 16 heavy (non-hydrogen) atoms. The van der Waals surface area contributed by atoms with Crippen molar-refractivity contribution in [2.24, 2.45) is 0 Å². The Bertz CT molecular complexity index is 336. The van der Waals surface area contributed by atoms with Gasteiger partial charge in [0.25, 0.3) is 0 Å². The predicted molar refractivity (Wildman–Crippen MR) is 64.6 cm³/mol. The maximum absolute atomic E-state index is 11.5. The fourth-order valence-corrected chi connectivity index (χ4v) is 1.64. The summed E-state index contributed by atoms with van der Waals surface area (Å²) in [6.07, 6.45) is 2.24. The molecule has 0 aliphatic carbocycles. The van der Waals surface area contributed by atoms with Gasteiger partial charge < -0.3 is 9.73 Å². The fraction of sp³-hybridized carbons (Fsp3) is 0.583. The zero-order chi connectivity index (χ0) is 12.0. The molecule has 1 amide bonds. The Morgan fingerprint density at radius 3 is 2.81 bits per heavy atom. The average Bonchev–Trinajstić information content (AvgIpc) is 2.65. The molecule has 1 aromatic heterocycles. The highest BCUT2D eigenvalue weighted by atomic mass is 35.5. The number of furan rings is 1. The summed E-state index contributed by atoms with van der Waals surface area (Å²) in [5.41, 5.74) is 0. The molecular formula is C12H18ClNO2. The van der Waals surface area contributed by atoms with Crippen molar-refractivity contribution in [1.29, 1.82) is 0 Å². The Morgan fingerprint density at radius 2 is 2.25 bits per heavy atom. The third kappa shape index (κ3) is 4.27. The Labute approximate surface area is 101 Å². The molecule has 3 nitrogen and oxygen atoms in total. The molecule has 0 saturated carbocycles. The topological polar surface area (TPSA) is 42.2 Å². The summed E-state index contributed by atoms with van der Waals surface area (Å²) in [4.78, 5) is 11.5. The minimum absolute atomic E-state index is 0.0478. The summed E-state index contributed by atoms with van der Waals surface area (Å²) >= 11 is 5.54. The Balaban J connectivity index is 2.33. The molecule has 0 radical (unpaired) electrons. The van der Waals surface area contributed by atoms with Crippen LogP contribution < -0.4 is 5.32 Å². The molecule has 1 unspecified atom stereocenters. The van der Waals surface area contributed by atoms with Crippen LogP contribution in [-0.2, 0) is 4.79 Å². The van der Waals surface area contributed by atoms with Crippen molar-refractivity contribution < 1.29 is 9.21 Å². The van der Waals surface area contributed by atoms with Crippen LogP contribution in [-0.4, -0.2) is 11.8 Å². The van der Waals surface area contributed by atoms with E-state index in [2.05, 4.69) is 5.32 Å². The number of carbonyl (C=O) groups excluding carboxylic acids is 1. The number of unbranched alkanes of at least 4 members (excludes halogenated alkanes) is 1. The fourth-order valence-electron chi connectivity index (χ4n) is 1.45. The first-order valence-corrected chi connectivity index (χ1v) is 6.08. The largest absolute Gasteiger partial charge is 0.464 e. The van der Waals surface area contributed by atoms with E-state index in [1.54, 1.807) is 0 Å². The molecule has 1 rings (SSSR count). The van der Waals surface area contributed by atoms with E-state index in [4.69, 9.17) is 16.0 Å². The molecule has 1 heterocycles. The van der Waals surface area contributed by atoms with Gasteiger partial charge in [-0.25, -0.2) is 0 Å². The summed E-state index contributed by atoms with van der Waals surface area (Å²) in [7, 11) is 0. The summed E-state index contributed by atoms with van der Waals surface area (Å²) in [5.74, 6) is 2.31. The number of carbonyl (C=O) groups is 1. The van der Waals surface area contributed by atoms with E-state index in [0.717, 1.165) is 24.4 Å². The van der Waals surface area contributed by atoms with Crippen LogP contribution in [0.2, 0.25) is 0 Å². The van der Waals surface area contributed by atoms with Crippen molar-refractivity contribution in [3.8, 4) is 0 Å². The van der Waals surface area contributed by atoms with Crippen molar-refractivity contribution in [1.82, 2.24) is 5.32 Å². The number of rotatable bonds is 6. The van der Waals surface area contributed by atoms with Crippen LogP contribution >= 0.6 is 11.6 Å². The van der Waals surface area contributed by atoms with Crippen molar-refractivity contribution >= 4 is 17.5 Å². The van der Waals surface area contributed by atoms with E-state index >= 15 is 0 Å². The lowest BCUT2D eigenvalue weighted by Crippen LogP contribution is -2.26. The van der Waals surface area contributed by atoms with Crippen molar-refractivity contribution in [3.05, 3.63) is 23.7 Å². The summed E-state index contributed by atoms with van der Waals surface area (Å²) in [6.45, 7) is 3.80. The van der Waals surface area contributed by atoms with Crippen LogP contribution in [0.25, 0.3) is 0 Å². The maximum atomic E-state index is 11.5. The molecule has 0 aliphatic rings. The third-order valence-corrected chi connectivity index (χ3v) is 2.62. The van der Waals surface area contributed by atoms with Crippen LogP contribution in [0.5, 0.6) is 0 Å². The number of halogens is 1. The van der Waals surface area contributed by atoms with Gasteiger partial charge in [-0.2, -0.15) is 0 Å². The normalized spacial score (nSPS) is 12.4. The van der Waals surface area contributed by atoms with Crippen LogP contribution in [0.3, 0.4) is 0 Å². The second-order valence-electron chi connectivity index (χ2n) is 3.88. The average molecular weight is 244 g/mol. The highest BCUT2D eigenvalue weighted by molar-refractivity contribution is 6.17. The number of hydrogen-bond acceptors (Lipinski definition) is 2. The zero-order valence-corrected chi connectivity index (χ0v) is 10.5. The van der Waals surface area contributed by atoms with E-state index in [9.17, 15) is 4.79 Å². The van der Waals surface area contributed by atoms with E-state index in [-0.39, 0.29) is 11.9 Å². The quantitative estimate of drug-likeness (QED) is 0.616. The Morgan fingerprint density at radius 1 is 1.50 bits per heavy atom. The molecule has 0 spiro atoms. The summed E-state index contributed by atoms with van der Waals surface area (Å²) in [6, 6.07) is 3.71. The van der Waals surface area contributed by atoms with Gasteiger partial charge in [-0.3, -0.25) is 4.79 Å². The van der Waals surface area contributed by atoms with E-state index in [0.29, 0.717) is 12.3 Å². The van der Waals surface area contributed by atoms with Gasteiger partial charge in [0, 0.05) is 12.3 Å². The number of amides is 1. The van der Waals surface area contributed by atoms with Gasteiger partial charge in [-0.05, 0) is 38.8 Å². The summed E-state index contributed by atoms with van der Waals surface area (Å²) < 4.78 is 5.44. The molecule has 1 atom stereocenters. The molecule has 0 bridgehead atoms. The minimum atomic E-state index is -0.0720. The monoisotopic (exact) mass is 243 g/mol. The molecule has 1 aromatic rings. The highest BCUT2D eigenvalue weighted by Crippen LogP contribution is 2.15. The highest BCUT2D eigenvalue weighted by Gasteiger charge is 2.11. The summed E-state index contributed by atoms with van der Waals surface area (Å²) in [5, 5.41) is 2.89. The third-order valence-electron chi connectivity index (χ3n) is 2.35. The van der Waals surface area contributed by atoms with Crippen LogP contribution in [0.4, 0.5) is 0 Å². The number of aryl methyl sites for hydroxylation is 1. The molecule has 0 aliphatic heterocycles. The zero-order valence-electron chi connectivity index (χ0n) is 9.75. The van der Waals surface area contributed by atoms with E-state index in [1.807, 2.05) is 26.0 Å². The van der Waals surface area contributed by atoms with Gasteiger partial charge in [0.2, 0.25) is 5.91 Å². The van der Waals surface area contributed by atoms with Gasteiger partial charge >= 0.3 is 0 Å². The van der Waals surface area contributed by atoms with Crippen LogP contribution in [0, 0.1) is 6.92 Å². The van der Waals surface area contributed by atoms with Gasteiger partial charge in [-0.1, -0.05) is 0 Å². The predicted octanol–water partition coefficient (Wildman–Crippen LogP) is 3.17. The van der Waals surface area contributed by atoms with Crippen molar-refractivity contribution in [2.75, 3.05) is 5.88 Å². The number of hydrogen-bond donors (Lipinski definition) is 1. The van der Waals surface area contributed by atoms with Gasteiger partial charge in [0.05, 0.1) is 6.04 Å². The van der Waals surface area contributed by atoms with Gasteiger partial charge in [0.15, 0.2) is 0 Å². The smallest absolute Gasteiger partial charge is 0.220 e. The second kappa shape index (κ2) is 6.59. The molecule has 0 saturated heterocycles. The lowest BCUT2D eigenvalue weighted by Gasteiger charge is -2.11. The van der Waals surface area contributed by atoms with Crippen molar-refractivity contribution in [3.63, 3.8) is 0 Å². The first kappa shape index (κ1) is 13.1. The SMILES string of the molecule is Cc1ccc(C(C)NC(=O)CCCCCl)o1. The minimum Gasteiger partial charge on any atom is -0.464 e. The molecule has 4 heteroatoms. The lowest BCUT2D eigenvalue weighted by atomic mass is 10.2. The Hall–Kier alpha value is -0.960. The Kier molecular flexibility index (Phi) is 5.39. The van der Waals surface area contributed by atoms with Gasteiger partial charge in [0.1, 0.15) is 11.5 Å². The molecule has 1 N–H and O–H groups in total. The molecular weight excluding hydrogens is 226 g/mol. The second-order valence-corrected chi connectivity index (χ2v) is 4.26.